The molecule has 1 fully saturated rings. The van der Waals surface area contributed by atoms with Crippen LogP contribution in [0.2, 0.25) is 5.02 Å². The largest absolute Gasteiger partial charge is 0.278 e. The second kappa shape index (κ2) is 5.55. The summed E-state index contributed by atoms with van der Waals surface area (Å²) in [5, 5.41) is 4.13. The monoisotopic (exact) mass is 343 g/mol. The SMILES string of the molecule is Cc1cc(F)cc(Cl)c1NS(=O)(=O)c1cnn(C2CCC2)c1. The Kier molecular flexibility index (Phi) is 3.86. The lowest BCUT2D eigenvalue weighted by Gasteiger charge is -2.25. The number of hydrogen-bond donors (Lipinski definition) is 1. The van der Waals surface area contributed by atoms with Crippen molar-refractivity contribution in [2.24, 2.45) is 0 Å². The first-order valence-corrected chi connectivity index (χ1v) is 8.75. The zero-order valence-corrected chi connectivity index (χ0v) is 13.5. The fraction of sp³-hybridized carbons (Fsp3) is 0.357. The van der Waals surface area contributed by atoms with Crippen molar-refractivity contribution in [1.29, 1.82) is 0 Å². The maximum atomic E-state index is 13.2. The van der Waals surface area contributed by atoms with Crippen molar-refractivity contribution in [2.45, 2.75) is 37.1 Å². The summed E-state index contributed by atoms with van der Waals surface area (Å²) in [6.45, 7) is 1.59. The van der Waals surface area contributed by atoms with E-state index in [1.165, 1.54) is 18.5 Å². The molecular formula is C14H15ClFN3O2S. The van der Waals surface area contributed by atoms with Gasteiger partial charge in [0.15, 0.2) is 0 Å². The molecule has 8 heteroatoms. The van der Waals surface area contributed by atoms with Gasteiger partial charge in [-0.25, -0.2) is 12.8 Å². The fourth-order valence-corrected chi connectivity index (χ4v) is 3.78. The van der Waals surface area contributed by atoms with Crippen molar-refractivity contribution in [3.05, 3.63) is 40.9 Å². The topological polar surface area (TPSA) is 64.0 Å². The number of anilines is 1. The predicted octanol–water partition coefficient (Wildman–Crippen LogP) is 3.51. The molecule has 1 aromatic carbocycles. The maximum Gasteiger partial charge on any atom is 0.265 e. The number of nitrogens with zero attached hydrogens (tertiary/aromatic N) is 2. The zero-order valence-electron chi connectivity index (χ0n) is 11.9. The van der Waals surface area contributed by atoms with Crippen molar-refractivity contribution < 1.29 is 12.8 Å². The van der Waals surface area contributed by atoms with Gasteiger partial charge >= 0.3 is 0 Å². The quantitative estimate of drug-likeness (QED) is 0.923. The van der Waals surface area contributed by atoms with Gasteiger partial charge in [0.2, 0.25) is 0 Å². The molecule has 0 unspecified atom stereocenters. The average Bonchev–Trinajstić information content (AvgIpc) is 2.81. The molecule has 1 saturated carbocycles. The number of benzene rings is 1. The Balaban J connectivity index is 1.89. The zero-order chi connectivity index (χ0) is 15.9. The van der Waals surface area contributed by atoms with Gasteiger partial charge in [0.1, 0.15) is 10.7 Å². The Labute approximate surface area is 133 Å². The van der Waals surface area contributed by atoms with Gasteiger partial charge in [0, 0.05) is 6.20 Å². The molecule has 3 rings (SSSR count). The minimum absolute atomic E-state index is 0.0208. The maximum absolute atomic E-state index is 13.2. The van der Waals surface area contributed by atoms with Gasteiger partial charge in [-0.2, -0.15) is 5.10 Å². The van der Waals surface area contributed by atoms with Crippen LogP contribution in [0.4, 0.5) is 10.1 Å². The minimum Gasteiger partial charge on any atom is -0.278 e. The van der Waals surface area contributed by atoms with Gasteiger partial charge in [-0.15, -0.1) is 0 Å². The molecule has 1 heterocycles. The molecule has 0 amide bonds. The number of sulfonamides is 1. The molecule has 0 bridgehead atoms. The van der Waals surface area contributed by atoms with Crippen LogP contribution in [-0.2, 0) is 10.0 Å². The number of aromatic nitrogens is 2. The second-order valence-corrected chi connectivity index (χ2v) is 7.52. The Bertz CT molecular complexity index is 792. The van der Waals surface area contributed by atoms with Gasteiger partial charge < -0.3 is 0 Å². The molecule has 0 aliphatic heterocycles. The van der Waals surface area contributed by atoms with Gasteiger partial charge in [0.05, 0.1) is 22.9 Å². The molecule has 0 atom stereocenters. The normalized spacial score (nSPS) is 15.6. The van der Waals surface area contributed by atoms with Crippen LogP contribution in [0.5, 0.6) is 0 Å². The molecule has 1 aliphatic rings. The molecule has 1 aromatic heterocycles. The van der Waals surface area contributed by atoms with E-state index in [9.17, 15) is 12.8 Å². The highest BCUT2D eigenvalue weighted by Crippen LogP contribution is 2.32. The summed E-state index contributed by atoms with van der Waals surface area (Å²) in [5.41, 5.74) is 0.597. The van der Waals surface area contributed by atoms with Crippen LogP contribution in [0.1, 0.15) is 30.9 Å². The molecule has 2 aromatic rings. The third-order valence-electron chi connectivity index (χ3n) is 3.83. The summed E-state index contributed by atoms with van der Waals surface area (Å²) in [7, 11) is -3.81. The first kappa shape index (κ1) is 15.3. The molecule has 5 nitrogen and oxygen atoms in total. The van der Waals surface area contributed by atoms with E-state index < -0.39 is 15.8 Å². The number of aryl methyl sites for hydroxylation is 1. The summed E-state index contributed by atoms with van der Waals surface area (Å²) in [5.74, 6) is -0.511. The standard InChI is InChI=1S/C14H15ClFN3O2S/c1-9-5-10(16)6-13(15)14(9)18-22(20,21)12-7-17-19(8-12)11-3-2-4-11/h5-8,11,18H,2-4H2,1H3. The van der Waals surface area contributed by atoms with E-state index in [0.29, 0.717) is 5.56 Å². The Morgan fingerprint density at radius 3 is 2.73 bits per heavy atom. The third-order valence-corrected chi connectivity index (χ3v) is 5.43. The highest BCUT2D eigenvalue weighted by atomic mass is 35.5. The minimum atomic E-state index is -3.81. The number of halogens is 2. The first-order chi connectivity index (χ1) is 10.4. The van der Waals surface area contributed by atoms with E-state index >= 15 is 0 Å². The van der Waals surface area contributed by atoms with Crippen LogP contribution in [0.3, 0.4) is 0 Å². The van der Waals surface area contributed by atoms with Crippen molar-refractivity contribution in [1.82, 2.24) is 9.78 Å². The fourth-order valence-electron chi connectivity index (χ4n) is 2.34. The Hall–Kier alpha value is -1.60. The van der Waals surface area contributed by atoms with E-state index in [-0.39, 0.29) is 21.6 Å². The van der Waals surface area contributed by atoms with E-state index in [1.807, 2.05) is 0 Å². The van der Waals surface area contributed by atoms with E-state index in [1.54, 1.807) is 11.6 Å². The number of rotatable bonds is 4. The highest BCUT2D eigenvalue weighted by molar-refractivity contribution is 7.92. The lowest BCUT2D eigenvalue weighted by molar-refractivity contribution is 0.289. The Morgan fingerprint density at radius 2 is 2.14 bits per heavy atom. The lowest BCUT2D eigenvalue weighted by atomic mass is 9.93. The molecule has 22 heavy (non-hydrogen) atoms. The van der Waals surface area contributed by atoms with Crippen molar-refractivity contribution in [3.8, 4) is 0 Å². The smallest absolute Gasteiger partial charge is 0.265 e. The summed E-state index contributed by atoms with van der Waals surface area (Å²) >= 11 is 5.93. The average molecular weight is 344 g/mol. The van der Waals surface area contributed by atoms with Gasteiger partial charge in [-0.3, -0.25) is 9.40 Å². The predicted molar refractivity (Wildman–Crippen MR) is 82.1 cm³/mol. The summed E-state index contributed by atoms with van der Waals surface area (Å²) < 4.78 is 42.1. The van der Waals surface area contributed by atoms with E-state index in [2.05, 4.69) is 9.82 Å². The molecule has 1 aliphatic carbocycles. The van der Waals surface area contributed by atoms with Crippen molar-refractivity contribution in [2.75, 3.05) is 4.72 Å². The van der Waals surface area contributed by atoms with Crippen LogP contribution < -0.4 is 4.72 Å². The van der Waals surface area contributed by atoms with Crippen molar-refractivity contribution >= 4 is 27.3 Å². The summed E-state index contributed by atoms with van der Waals surface area (Å²) in [6, 6.07) is 2.58. The second-order valence-electron chi connectivity index (χ2n) is 5.43. The number of nitrogens with one attached hydrogen (secondary N) is 1. The first-order valence-electron chi connectivity index (χ1n) is 6.89. The molecule has 0 saturated heterocycles. The van der Waals surface area contributed by atoms with Gasteiger partial charge in [0.25, 0.3) is 10.0 Å². The molecule has 118 valence electrons. The van der Waals surface area contributed by atoms with Crippen molar-refractivity contribution in [3.63, 3.8) is 0 Å². The summed E-state index contributed by atoms with van der Waals surface area (Å²) in [6.07, 6.45) is 5.98. The molecular weight excluding hydrogens is 329 g/mol. The van der Waals surface area contributed by atoms with Crippen LogP contribution in [0, 0.1) is 12.7 Å². The summed E-state index contributed by atoms with van der Waals surface area (Å²) in [4.78, 5) is 0.0687. The van der Waals surface area contributed by atoms with Crippen LogP contribution >= 0.6 is 11.6 Å². The van der Waals surface area contributed by atoms with Crippen LogP contribution in [0.15, 0.2) is 29.4 Å². The number of hydrogen-bond acceptors (Lipinski definition) is 3. The van der Waals surface area contributed by atoms with E-state index in [0.717, 1.165) is 25.3 Å². The molecule has 0 radical (unpaired) electrons. The van der Waals surface area contributed by atoms with E-state index in [4.69, 9.17) is 11.6 Å². The molecule has 0 spiro atoms. The third kappa shape index (κ3) is 2.83. The lowest BCUT2D eigenvalue weighted by Crippen LogP contribution is -2.17. The van der Waals surface area contributed by atoms with Gasteiger partial charge in [-0.1, -0.05) is 11.6 Å². The Morgan fingerprint density at radius 1 is 1.41 bits per heavy atom. The highest BCUT2D eigenvalue weighted by Gasteiger charge is 2.24. The van der Waals surface area contributed by atoms with Gasteiger partial charge in [-0.05, 0) is 43.9 Å². The molecule has 1 N–H and O–H groups in total. The van der Waals surface area contributed by atoms with Crippen LogP contribution in [-0.4, -0.2) is 18.2 Å². The van der Waals surface area contributed by atoms with Crippen LogP contribution in [0.25, 0.3) is 0 Å².